The second-order valence-electron chi connectivity index (χ2n) is 4.62. The summed E-state index contributed by atoms with van der Waals surface area (Å²) < 4.78 is 15.3. The lowest BCUT2D eigenvalue weighted by Crippen LogP contribution is -2.00. The van der Waals surface area contributed by atoms with Crippen LogP contribution in [-0.4, -0.2) is 9.49 Å². The number of hydrogen-bond acceptors (Lipinski definition) is 2. The van der Waals surface area contributed by atoms with Crippen LogP contribution in [0.5, 0.6) is 0 Å². The molecule has 1 aromatic heterocycles. The molecule has 0 fully saturated rings. The van der Waals surface area contributed by atoms with Crippen LogP contribution in [0.2, 0.25) is 5.02 Å². The van der Waals surface area contributed by atoms with Gasteiger partial charge in [-0.05, 0) is 23.8 Å². The van der Waals surface area contributed by atoms with Gasteiger partial charge in [0.2, 0.25) is 0 Å². The van der Waals surface area contributed by atoms with E-state index in [2.05, 4.69) is 0 Å². The molecule has 4 nitrogen and oxygen atoms in total. The zero-order chi connectivity index (χ0) is 15.0. The summed E-state index contributed by atoms with van der Waals surface area (Å²) in [4.78, 5) is 10.6. The van der Waals surface area contributed by atoms with Crippen LogP contribution in [0.1, 0.15) is 5.56 Å². The number of benzene rings is 2. The van der Waals surface area contributed by atoms with Gasteiger partial charge in [-0.25, -0.2) is 4.39 Å². The first-order valence-electron chi connectivity index (χ1n) is 6.23. The Morgan fingerprint density at radius 1 is 1.19 bits per heavy atom. The molecule has 0 saturated heterocycles. The van der Waals surface area contributed by atoms with Crippen LogP contribution in [-0.2, 0) is 6.54 Å². The first-order chi connectivity index (χ1) is 10.1. The highest BCUT2D eigenvalue weighted by Gasteiger charge is 2.14. The topological polar surface area (TPSA) is 48.1 Å². The first-order valence-corrected chi connectivity index (χ1v) is 6.61. The Hall–Kier alpha value is -2.40. The average Bonchev–Trinajstić information content (AvgIpc) is 2.87. The van der Waals surface area contributed by atoms with Crippen molar-refractivity contribution in [1.29, 1.82) is 0 Å². The third kappa shape index (κ3) is 2.36. The maximum absolute atomic E-state index is 13.5. The minimum absolute atomic E-state index is 0.0524. The van der Waals surface area contributed by atoms with Crippen molar-refractivity contribution in [2.24, 2.45) is 0 Å². The fraction of sp³-hybridized carbons (Fsp3) is 0.0667. The Morgan fingerprint density at radius 3 is 2.71 bits per heavy atom. The molecule has 1 heterocycles. The molecular formula is C15H10ClFN2O2. The lowest BCUT2D eigenvalue weighted by molar-refractivity contribution is -0.383. The number of fused-ring (bicyclic) bond motifs is 1. The van der Waals surface area contributed by atoms with Gasteiger partial charge < -0.3 is 4.57 Å². The maximum atomic E-state index is 13.5. The standard InChI is InChI=1S/C15H10ClFN2O2/c16-15-10(3-1-4-12(15)17)9-18-8-7-11-13(18)5-2-6-14(11)19(20)21/h1-8H,9H2. The van der Waals surface area contributed by atoms with Crippen molar-refractivity contribution < 1.29 is 9.31 Å². The predicted octanol–water partition coefficient (Wildman–Crippen LogP) is 4.39. The molecule has 0 atom stereocenters. The fourth-order valence-electron chi connectivity index (χ4n) is 2.36. The number of nitrogens with zero attached hydrogens (tertiary/aromatic N) is 2. The van der Waals surface area contributed by atoms with Gasteiger partial charge in [-0.2, -0.15) is 0 Å². The van der Waals surface area contributed by atoms with Crippen molar-refractivity contribution in [2.75, 3.05) is 0 Å². The SMILES string of the molecule is O=[N+]([O-])c1cccc2c1ccn2Cc1cccc(F)c1Cl. The zero-order valence-electron chi connectivity index (χ0n) is 10.8. The van der Waals surface area contributed by atoms with E-state index < -0.39 is 10.7 Å². The van der Waals surface area contributed by atoms with Crippen LogP contribution in [0.15, 0.2) is 48.7 Å². The summed E-state index contributed by atoms with van der Waals surface area (Å²) in [5.41, 5.74) is 1.39. The van der Waals surface area contributed by atoms with E-state index >= 15 is 0 Å². The molecule has 106 valence electrons. The number of non-ortho nitro benzene ring substituents is 1. The molecule has 0 radical (unpaired) electrons. The second kappa shape index (κ2) is 5.18. The Morgan fingerprint density at radius 2 is 1.95 bits per heavy atom. The highest BCUT2D eigenvalue weighted by Crippen LogP contribution is 2.28. The third-order valence-electron chi connectivity index (χ3n) is 3.36. The number of aromatic nitrogens is 1. The summed E-state index contributed by atoms with van der Waals surface area (Å²) in [6.07, 6.45) is 1.74. The number of nitro groups is 1. The van der Waals surface area contributed by atoms with Gasteiger partial charge in [0.25, 0.3) is 5.69 Å². The lowest BCUT2D eigenvalue weighted by atomic mass is 10.2. The van der Waals surface area contributed by atoms with Crippen molar-refractivity contribution >= 4 is 28.2 Å². The molecule has 6 heteroatoms. The monoisotopic (exact) mass is 304 g/mol. The van der Waals surface area contributed by atoms with Crippen molar-refractivity contribution in [1.82, 2.24) is 4.57 Å². The molecule has 0 N–H and O–H groups in total. The molecule has 0 spiro atoms. The highest BCUT2D eigenvalue weighted by molar-refractivity contribution is 6.31. The summed E-state index contributed by atoms with van der Waals surface area (Å²) in [7, 11) is 0. The van der Waals surface area contributed by atoms with Gasteiger partial charge in [-0.3, -0.25) is 10.1 Å². The lowest BCUT2D eigenvalue weighted by Gasteiger charge is -2.08. The van der Waals surface area contributed by atoms with Crippen LogP contribution in [0.4, 0.5) is 10.1 Å². The normalized spacial score (nSPS) is 11.0. The zero-order valence-corrected chi connectivity index (χ0v) is 11.5. The van der Waals surface area contributed by atoms with Crippen LogP contribution in [0, 0.1) is 15.9 Å². The molecule has 0 aliphatic carbocycles. The van der Waals surface area contributed by atoms with Crippen LogP contribution in [0.3, 0.4) is 0 Å². The summed E-state index contributed by atoms with van der Waals surface area (Å²) >= 11 is 5.95. The van der Waals surface area contributed by atoms with E-state index in [0.717, 1.165) is 0 Å². The van der Waals surface area contributed by atoms with Crippen LogP contribution in [0.25, 0.3) is 10.9 Å². The Bertz CT molecular complexity index is 845. The van der Waals surface area contributed by atoms with Crippen LogP contribution >= 0.6 is 11.6 Å². The summed E-state index contributed by atoms with van der Waals surface area (Å²) in [5, 5.41) is 11.6. The van der Waals surface area contributed by atoms with E-state index in [9.17, 15) is 14.5 Å². The van der Waals surface area contributed by atoms with E-state index in [1.54, 1.807) is 36.5 Å². The number of hydrogen-bond donors (Lipinski definition) is 0. The molecule has 0 saturated carbocycles. The van der Waals surface area contributed by atoms with Crippen molar-refractivity contribution in [2.45, 2.75) is 6.54 Å². The number of nitro benzene ring substituents is 1. The minimum atomic E-state index is -0.475. The van der Waals surface area contributed by atoms with Gasteiger partial charge in [0, 0.05) is 18.8 Å². The van der Waals surface area contributed by atoms with Crippen molar-refractivity contribution in [3.8, 4) is 0 Å². The minimum Gasteiger partial charge on any atom is -0.343 e. The van der Waals surface area contributed by atoms with Gasteiger partial charge >= 0.3 is 0 Å². The molecule has 2 aromatic carbocycles. The van der Waals surface area contributed by atoms with Gasteiger partial charge in [0.15, 0.2) is 0 Å². The van der Waals surface area contributed by atoms with E-state index in [1.165, 1.54) is 12.1 Å². The van der Waals surface area contributed by atoms with Gasteiger partial charge in [-0.1, -0.05) is 29.8 Å². The molecule has 0 bridgehead atoms. The third-order valence-corrected chi connectivity index (χ3v) is 3.78. The van der Waals surface area contributed by atoms with E-state index in [4.69, 9.17) is 11.6 Å². The van der Waals surface area contributed by atoms with Gasteiger partial charge in [0.05, 0.1) is 20.8 Å². The second-order valence-corrected chi connectivity index (χ2v) is 5.00. The molecular weight excluding hydrogens is 295 g/mol. The fourth-order valence-corrected chi connectivity index (χ4v) is 2.54. The summed E-state index contributed by atoms with van der Waals surface area (Å²) in [5.74, 6) is -0.475. The number of halogens is 2. The Labute approximate surface area is 124 Å². The summed E-state index contributed by atoms with van der Waals surface area (Å²) in [6.45, 7) is 0.348. The Kier molecular flexibility index (Phi) is 3.35. The maximum Gasteiger partial charge on any atom is 0.278 e. The van der Waals surface area contributed by atoms with Crippen LogP contribution < -0.4 is 0 Å². The van der Waals surface area contributed by atoms with Gasteiger partial charge in [0.1, 0.15) is 5.82 Å². The van der Waals surface area contributed by atoms with Gasteiger partial charge in [-0.15, -0.1) is 0 Å². The molecule has 3 rings (SSSR count). The first kappa shape index (κ1) is 13.6. The molecule has 0 amide bonds. The average molecular weight is 305 g/mol. The highest BCUT2D eigenvalue weighted by atomic mass is 35.5. The van der Waals surface area contributed by atoms with E-state index in [-0.39, 0.29) is 10.7 Å². The summed E-state index contributed by atoms with van der Waals surface area (Å²) in [6, 6.07) is 11.2. The van der Waals surface area contributed by atoms with Crippen molar-refractivity contribution in [3.63, 3.8) is 0 Å². The molecule has 21 heavy (non-hydrogen) atoms. The Balaban J connectivity index is 2.08. The van der Waals surface area contributed by atoms with Crippen molar-refractivity contribution in [3.05, 3.63) is 75.2 Å². The molecule has 0 aliphatic rings. The van der Waals surface area contributed by atoms with E-state index in [0.29, 0.717) is 23.0 Å². The molecule has 3 aromatic rings. The van der Waals surface area contributed by atoms with E-state index in [1.807, 2.05) is 4.57 Å². The predicted molar refractivity (Wildman–Crippen MR) is 79.1 cm³/mol. The molecule has 0 aliphatic heterocycles. The molecule has 0 unspecified atom stereocenters. The largest absolute Gasteiger partial charge is 0.343 e. The smallest absolute Gasteiger partial charge is 0.278 e. The quantitative estimate of drug-likeness (QED) is 0.532. The number of rotatable bonds is 3.